The molecule has 0 fully saturated rings. The van der Waals surface area contributed by atoms with E-state index >= 15 is 26.3 Å². The van der Waals surface area contributed by atoms with Gasteiger partial charge in [0.05, 0.1) is 25.4 Å². The Balaban J connectivity index is 1.45. The van der Waals surface area contributed by atoms with Gasteiger partial charge in [0, 0.05) is 80.2 Å². The molecule has 0 N–H and O–H groups in total. The van der Waals surface area contributed by atoms with Gasteiger partial charge in [-0.15, -0.1) is 45.3 Å². The molecule has 7 rings (SSSR count). The molecule has 0 atom stereocenters. The highest BCUT2D eigenvalue weighted by molar-refractivity contribution is 7.24. The summed E-state index contributed by atoms with van der Waals surface area (Å²) in [6.07, 6.45) is 5.12. The fourth-order valence-corrected chi connectivity index (χ4v) is 11.9. The van der Waals surface area contributed by atoms with Gasteiger partial charge in [-0.2, -0.15) is 36.9 Å². The Morgan fingerprint density at radius 3 is 1.42 bits per heavy atom. The predicted molar refractivity (Wildman–Crippen MR) is 255 cm³/mol. The Bertz CT molecular complexity index is 2800. The first kappa shape index (κ1) is 47.8. The molecule has 0 saturated carbocycles. The van der Waals surface area contributed by atoms with Crippen LogP contribution in [0.2, 0.25) is 0 Å². The van der Waals surface area contributed by atoms with Crippen LogP contribution in [-0.4, -0.2) is 31.0 Å². The van der Waals surface area contributed by atoms with E-state index in [1.807, 2.05) is 71.9 Å². The minimum atomic E-state index is -5.80. The molecule has 6 aromatic rings. The molecule has 1 aliphatic carbocycles. The summed E-state index contributed by atoms with van der Waals surface area (Å²) in [6, 6.07) is 27.2. The third kappa shape index (κ3) is 9.60. The number of alkyl halides is 6. The summed E-state index contributed by atoms with van der Waals surface area (Å²) in [7, 11) is 0. The number of rotatable bonds is 15. The average Bonchev–Trinajstić information content (AvgIpc) is 4.09. The van der Waals surface area contributed by atoms with E-state index in [2.05, 4.69) is 6.07 Å². The molecule has 0 amide bonds. The van der Waals surface area contributed by atoms with E-state index < -0.39 is 40.0 Å². The van der Waals surface area contributed by atoms with Crippen LogP contribution in [0, 0.1) is 22.7 Å². The van der Waals surface area contributed by atoms with Crippen molar-refractivity contribution in [1.29, 1.82) is 10.5 Å². The van der Waals surface area contributed by atoms with Gasteiger partial charge in [-0.05, 0) is 120 Å². The number of halogens is 6. The lowest BCUT2D eigenvalue weighted by molar-refractivity contribution is -0.254. The smallest absolute Gasteiger partial charge is 0.380 e. The summed E-state index contributed by atoms with van der Waals surface area (Å²) < 4.78 is 112. The molecule has 4 nitrogen and oxygen atoms in total. The van der Waals surface area contributed by atoms with E-state index in [9.17, 15) is 0 Å². The molecule has 1 aliphatic rings. The fourth-order valence-electron chi connectivity index (χ4n) is 7.29. The van der Waals surface area contributed by atoms with Crippen molar-refractivity contribution in [3.05, 3.63) is 118 Å². The van der Waals surface area contributed by atoms with Crippen LogP contribution in [0.25, 0.3) is 51.5 Å². The van der Waals surface area contributed by atoms with Crippen molar-refractivity contribution in [1.82, 2.24) is 0 Å². The molecule has 4 aromatic heterocycles. The zero-order valence-corrected chi connectivity index (χ0v) is 39.9. The number of unbranched alkanes of at least 4 members (excludes halogenated alkanes) is 2. The fraction of sp³-hybridized carbons (Fsp3) is 0.333. The van der Waals surface area contributed by atoms with Crippen LogP contribution in [0.4, 0.5) is 26.3 Å². The number of allylic oxidation sites excluding steroid dienone is 3. The molecule has 2 aromatic carbocycles. The standard InChI is InChI=1S/C51H46F6N2O2S4/c1-47(2,3)41-23-21-37(62-41)39-29-35(45(64-39)31-13-17-33(18-14-31)60-27-11-7-9-25-58)43-44(50(54,55)51(56,57)49(43,52)53)36-30-40(38-22-24-42(63-38)48(4,5)6)65-46(36)32-15-19-34(20-16-32)61-28-12-8-10-26-59/h7,9,13-24,29-30H,8,10-12,27-28H2,1-6H3/b9-7+. The molecule has 338 valence electrons. The maximum atomic E-state index is 17.0. The molecular formula is C51H46F6N2O2S4. The molecule has 0 unspecified atom stereocenters. The van der Waals surface area contributed by atoms with Gasteiger partial charge in [-0.3, -0.25) is 0 Å². The number of nitriles is 2. The van der Waals surface area contributed by atoms with Crippen molar-refractivity contribution < 1.29 is 35.8 Å². The van der Waals surface area contributed by atoms with Crippen molar-refractivity contribution in [2.45, 2.75) is 95.8 Å². The van der Waals surface area contributed by atoms with Gasteiger partial charge in [0.25, 0.3) is 0 Å². The van der Waals surface area contributed by atoms with Gasteiger partial charge >= 0.3 is 17.8 Å². The lowest BCUT2D eigenvalue weighted by atomic mass is 9.92. The third-order valence-electron chi connectivity index (χ3n) is 10.8. The zero-order valence-electron chi connectivity index (χ0n) is 36.6. The Hall–Kier alpha value is -5.12. The number of thiophene rings is 4. The van der Waals surface area contributed by atoms with Crippen molar-refractivity contribution >= 4 is 56.5 Å². The summed E-state index contributed by atoms with van der Waals surface area (Å²) in [4.78, 5) is 4.53. The molecule has 0 bridgehead atoms. The summed E-state index contributed by atoms with van der Waals surface area (Å²) in [6.45, 7) is 12.8. The highest BCUT2D eigenvalue weighted by atomic mass is 32.1. The molecule has 65 heavy (non-hydrogen) atoms. The Labute approximate surface area is 391 Å². The van der Waals surface area contributed by atoms with Crippen molar-refractivity contribution in [2.24, 2.45) is 0 Å². The molecule has 0 aliphatic heterocycles. The van der Waals surface area contributed by atoms with Gasteiger partial charge in [-0.25, -0.2) is 0 Å². The normalized spacial score (nSPS) is 15.7. The number of nitrogens with zero attached hydrogens (tertiary/aromatic N) is 2. The second kappa shape index (κ2) is 18.6. The van der Waals surface area contributed by atoms with Crippen LogP contribution in [0.15, 0.2) is 97.1 Å². The van der Waals surface area contributed by atoms with Crippen molar-refractivity contribution in [3.8, 4) is 64.0 Å². The van der Waals surface area contributed by atoms with Crippen LogP contribution in [0.3, 0.4) is 0 Å². The summed E-state index contributed by atoms with van der Waals surface area (Å²) >= 11 is 5.01. The van der Waals surface area contributed by atoms with Gasteiger partial charge in [-0.1, -0.05) is 47.6 Å². The monoisotopic (exact) mass is 960 g/mol. The zero-order chi connectivity index (χ0) is 47.0. The molecule has 14 heteroatoms. The minimum Gasteiger partial charge on any atom is -0.494 e. The molecule has 0 radical (unpaired) electrons. The number of hydrogen-bond donors (Lipinski definition) is 0. The lowest BCUT2D eigenvalue weighted by Crippen LogP contribution is -2.48. The van der Waals surface area contributed by atoms with Crippen LogP contribution in [0.1, 0.15) is 88.1 Å². The Morgan fingerprint density at radius 1 is 0.569 bits per heavy atom. The number of hydrogen-bond acceptors (Lipinski definition) is 8. The lowest BCUT2D eigenvalue weighted by Gasteiger charge is -2.26. The molecule has 0 spiro atoms. The van der Waals surface area contributed by atoms with Gasteiger partial charge in [0.15, 0.2) is 0 Å². The average molecular weight is 961 g/mol. The quantitative estimate of drug-likeness (QED) is 0.0584. The second-order valence-electron chi connectivity index (χ2n) is 17.7. The van der Waals surface area contributed by atoms with E-state index in [1.165, 1.54) is 40.9 Å². The minimum absolute atomic E-state index is 0.122. The first-order valence-corrected chi connectivity index (χ1v) is 24.2. The largest absolute Gasteiger partial charge is 0.494 e. The van der Waals surface area contributed by atoms with Gasteiger partial charge in [0.2, 0.25) is 0 Å². The van der Waals surface area contributed by atoms with Crippen LogP contribution in [0.5, 0.6) is 11.5 Å². The van der Waals surface area contributed by atoms with E-state index in [0.717, 1.165) is 32.4 Å². The second-order valence-corrected chi connectivity index (χ2v) is 22.0. The predicted octanol–water partition coefficient (Wildman–Crippen LogP) is 16.9. The number of ether oxygens (including phenoxy) is 2. The van der Waals surface area contributed by atoms with Crippen LogP contribution in [-0.2, 0) is 10.8 Å². The first-order chi connectivity index (χ1) is 30.7. The summed E-state index contributed by atoms with van der Waals surface area (Å²) in [5.74, 6) is -15.5. The third-order valence-corrected chi connectivity index (χ3v) is 16.6. The summed E-state index contributed by atoms with van der Waals surface area (Å²) in [5.41, 5.74) is -3.46. The summed E-state index contributed by atoms with van der Waals surface area (Å²) in [5, 5.41) is 17.6. The SMILES string of the molecule is CC(C)(C)c1ccc(-c2cc(C3=C(c4cc(-c5ccc(C(C)(C)C)s5)sc4-c4ccc(OCCCCC#N)cc4)C(F)(F)C(F)(F)C3(F)F)c(-c3ccc(OCC/C=C/C#N)cc3)s2)s1. The molecular weight excluding hydrogens is 915 g/mol. The first-order valence-electron chi connectivity index (χ1n) is 21.0. The van der Waals surface area contributed by atoms with Crippen LogP contribution >= 0.6 is 45.3 Å². The maximum absolute atomic E-state index is 17.0. The Kier molecular flexibility index (Phi) is 13.7. The van der Waals surface area contributed by atoms with Crippen molar-refractivity contribution in [2.75, 3.05) is 13.2 Å². The van der Waals surface area contributed by atoms with Gasteiger partial charge < -0.3 is 9.47 Å². The Morgan fingerprint density at radius 2 is 1.02 bits per heavy atom. The highest BCUT2D eigenvalue weighted by Gasteiger charge is 2.80. The highest BCUT2D eigenvalue weighted by Crippen LogP contribution is 2.67. The topological polar surface area (TPSA) is 66.0 Å². The van der Waals surface area contributed by atoms with Crippen LogP contribution < -0.4 is 9.47 Å². The van der Waals surface area contributed by atoms with E-state index in [0.29, 0.717) is 74.4 Å². The van der Waals surface area contributed by atoms with E-state index in [-0.39, 0.29) is 27.2 Å². The molecule has 0 saturated heterocycles. The number of benzene rings is 2. The maximum Gasteiger partial charge on any atom is 0.380 e. The van der Waals surface area contributed by atoms with Crippen molar-refractivity contribution in [3.63, 3.8) is 0 Å². The van der Waals surface area contributed by atoms with E-state index in [4.69, 9.17) is 20.0 Å². The molecule has 4 heterocycles. The van der Waals surface area contributed by atoms with Gasteiger partial charge in [0.1, 0.15) is 11.5 Å². The van der Waals surface area contributed by atoms with E-state index in [1.54, 1.807) is 54.6 Å².